The fourth-order valence-electron chi connectivity index (χ4n) is 4.10. The third kappa shape index (κ3) is 5.11. The normalized spacial score (nSPS) is 15.5. The highest BCUT2D eigenvalue weighted by Gasteiger charge is 2.44. The van der Waals surface area contributed by atoms with Gasteiger partial charge in [-0.25, -0.2) is 4.39 Å². The number of rotatable bonds is 9. The number of methoxy groups -OCH3 is 1. The Kier molecular flexibility index (Phi) is 8.45. The van der Waals surface area contributed by atoms with E-state index >= 15 is 0 Å². The highest BCUT2D eigenvalue weighted by Crippen LogP contribution is 2.50. The van der Waals surface area contributed by atoms with Crippen molar-refractivity contribution in [2.24, 2.45) is 5.41 Å². The van der Waals surface area contributed by atoms with E-state index in [-0.39, 0.29) is 5.91 Å². The van der Waals surface area contributed by atoms with Gasteiger partial charge in [0.25, 0.3) is 0 Å². The Morgan fingerprint density at radius 2 is 1.77 bits per heavy atom. The van der Waals surface area contributed by atoms with Crippen molar-refractivity contribution in [1.82, 2.24) is 0 Å². The first-order valence-electron chi connectivity index (χ1n) is 11.0. The summed E-state index contributed by atoms with van der Waals surface area (Å²) < 4.78 is 19.4. The van der Waals surface area contributed by atoms with Crippen LogP contribution in [-0.4, -0.2) is 18.8 Å². The van der Waals surface area contributed by atoms with Gasteiger partial charge in [0.15, 0.2) is 0 Å². The van der Waals surface area contributed by atoms with Crippen molar-refractivity contribution in [3.63, 3.8) is 0 Å². The smallest absolute Gasteiger partial charge is 0.238 e. The van der Waals surface area contributed by atoms with Gasteiger partial charge >= 0.3 is 0 Å². The van der Waals surface area contributed by atoms with Crippen molar-refractivity contribution >= 4 is 45.0 Å². The van der Waals surface area contributed by atoms with Crippen molar-refractivity contribution < 1.29 is 13.9 Å². The summed E-state index contributed by atoms with van der Waals surface area (Å²) in [5.74, 6) is 1.65. The molecule has 2 aromatic rings. The Bertz CT molecular complexity index is 895. The van der Waals surface area contributed by atoms with E-state index in [2.05, 4.69) is 29.8 Å². The van der Waals surface area contributed by atoms with E-state index < -0.39 is 12.1 Å². The second-order valence-electron chi connectivity index (χ2n) is 8.17. The summed E-state index contributed by atoms with van der Waals surface area (Å²) >= 11 is 5.34. The molecule has 0 aromatic heterocycles. The molecule has 2 aromatic carbocycles. The van der Waals surface area contributed by atoms with Crippen LogP contribution in [0.3, 0.4) is 0 Å². The fourth-order valence-corrected chi connectivity index (χ4v) is 5.92. The minimum absolute atomic E-state index is 0.144. The zero-order valence-electron chi connectivity index (χ0n) is 18.5. The quantitative estimate of drug-likeness (QED) is 0.343. The molecule has 3 rings (SSSR count). The summed E-state index contributed by atoms with van der Waals surface area (Å²) in [6.07, 6.45) is 5.91. The summed E-state index contributed by atoms with van der Waals surface area (Å²) in [5.41, 5.74) is 1.82. The topological polar surface area (TPSA) is 29.5 Å². The number of ether oxygens (including phenoxy) is 1. The van der Waals surface area contributed by atoms with Gasteiger partial charge in [-0.2, -0.15) is 0 Å². The molecule has 0 aliphatic carbocycles. The number of benzene rings is 2. The van der Waals surface area contributed by atoms with Gasteiger partial charge in [-0.3, -0.25) is 9.69 Å². The van der Waals surface area contributed by atoms with Crippen LogP contribution in [-0.2, 0) is 11.5 Å². The lowest BCUT2D eigenvalue weighted by Gasteiger charge is -2.35. The fraction of sp³-hybridized carbons (Fsp3) is 0.480. The molecule has 0 saturated carbocycles. The number of unbranched alkanes of at least 4 members (excludes halogenated alkanes) is 2. The number of anilines is 2. The van der Waals surface area contributed by atoms with Crippen LogP contribution in [0.4, 0.5) is 15.8 Å². The summed E-state index contributed by atoms with van der Waals surface area (Å²) in [6.45, 7) is 3.83. The molecular weight excluding hydrogens is 477 g/mol. The van der Waals surface area contributed by atoms with E-state index in [0.717, 1.165) is 70.8 Å². The average molecular weight is 508 g/mol. The van der Waals surface area contributed by atoms with Crippen LogP contribution in [0.2, 0.25) is 0 Å². The molecule has 1 amide bonds. The average Bonchev–Trinajstić information content (AvgIpc) is 2.90. The highest BCUT2D eigenvalue weighted by molar-refractivity contribution is 9.10. The lowest BCUT2D eigenvalue weighted by molar-refractivity contribution is -0.127. The van der Waals surface area contributed by atoms with Crippen LogP contribution in [0, 0.1) is 5.41 Å². The van der Waals surface area contributed by atoms with Crippen LogP contribution in [0.25, 0.3) is 0 Å². The van der Waals surface area contributed by atoms with E-state index in [1.54, 1.807) is 31.0 Å². The van der Waals surface area contributed by atoms with Crippen LogP contribution in [0.15, 0.2) is 45.8 Å². The molecule has 0 spiro atoms. The SMILES string of the molecule is CCCCC1(CCCC)CSc2cc(OC)c(Br)cc2N(c2ccc(CF)cc2)C1=O. The maximum Gasteiger partial charge on any atom is 0.238 e. The van der Waals surface area contributed by atoms with Gasteiger partial charge in [0.1, 0.15) is 12.4 Å². The predicted octanol–water partition coefficient (Wildman–Crippen LogP) is 8.06. The van der Waals surface area contributed by atoms with Crippen molar-refractivity contribution in [2.75, 3.05) is 17.8 Å². The second-order valence-corrected chi connectivity index (χ2v) is 10.0. The second kappa shape index (κ2) is 10.9. The summed E-state index contributed by atoms with van der Waals surface area (Å²) in [4.78, 5) is 17.1. The minimum atomic E-state index is -0.514. The number of hydrogen-bond acceptors (Lipinski definition) is 3. The molecular formula is C25H31BrFNO2S. The van der Waals surface area contributed by atoms with Gasteiger partial charge < -0.3 is 4.74 Å². The summed E-state index contributed by atoms with van der Waals surface area (Å²) in [5, 5.41) is 0. The first kappa shape index (κ1) is 24.1. The number of thioether (sulfide) groups is 1. The van der Waals surface area contributed by atoms with E-state index in [0.29, 0.717) is 5.56 Å². The number of amides is 1. The number of hydrogen-bond donors (Lipinski definition) is 0. The number of carbonyl (C=O) groups is 1. The Labute approximate surface area is 197 Å². The van der Waals surface area contributed by atoms with Gasteiger partial charge in [-0.1, -0.05) is 51.7 Å². The van der Waals surface area contributed by atoms with Crippen molar-refractivity contribution in [2.45, 2.75) is 63.9 Å². The zero-order valence-corrected chi connectivity index (χ0v) is 21.0. The van der Waals surface area contributed by atoms with Crippen LogP contribution in [0.1, 0.15) is 57.9 Å². The molecule has 0 radical (unpaired) electrons. The molecule has 168 valence electrons. The number of fused-ring (bicyclic) bond motifs is 1. The number of carbonyl (C=O) groups excluding carboxylic acids is 1. The van der Waals surface area contributed by atoms with Gasteiger partial charge in [0, 0.05) is 16.3 Å². The number of halogens is 2. The maximum absolute atomic E-state index is 14.3. The summed E-state index contributed by atoms with van der Waals surface area (Å²) in [7, 11) is 1.65. The molecule has 0 saturated heterocycles. The van der Waals surface area contributed by atoms with Gasteiger partial charge in [-0.05, 0) is 58.6 Å². The summed E-state index contributed by atoms with van der Waals surface area (Å²) in [6, 6.07) is 11.2. The van der Waals surface area contributed by atoms with Crippen LogP contribution in [0.5, 0.6) is 5.75 Å². The van der Waals surface area contributed by atoms with Crippen LogP contribution >= 0.6 is 27.7 Å². The number of alkyl halides is 1. The first-order chi connectivity index (χ1) is 15.0. The Balaban J connectivity index is 2.17. The molecule has 0 bridgehead atoms. The molecule has 0 atom stereocenters. The lowest BCUT2D eigenvalue weighted by Crippen LogP contribution is -2.42. The molecule has 0 unspecified atom stereocenters. The molecule has 0 fully saturated rings. The maximum atomic E-state index is 14.3. The van der Waals surface area contributed by atoms with Crippen molar-refractivity contribution in [3.05, 3.63) is 46.4 Å². The molecule has 1 aliphatic heterocycles. The molecule has 0 N–H and O–H groups in total. The van der Waals surface area contributed by atoms with Crippen molar-refractivity contribution in [3.8, 4) is 5.75 Å². The Morgan fingerprint density at radius 1 is 1.13 bits per heavy atom. The Hall–Kier alpha value is -1.53. The van der Waals surface area contributed by atoms with E-state index in [1.165, 1.54) is 0 Å². The lowest BCUT2D eigenvalue weighted by atomic mass is 9.78. The van der Waals surface area contributed by atoms with Gasteiger partial charge in [-0.15, -0.1) is 11.8 Å². The molecule has 31 heavy (non-hydrogen) atoms. The van der Waals surface area contributed by atoms with Crippen LogP contribution < -0.4 is 9.64 Å². The number of nitrogens with zero attached hydrogens (tertiary/aromatic N) is 1. The molecule has 6 heteroatoms. The largest absolute Gasteiger partial charge is 0.496 e. The predicted molar refractivity (Wildman–Crippen MR) is 131 cm³/mol. The minimum Gasteiger partial charge on any atom is -0.496 e. The van der Waals surface area contributed by atoms with Crippen molar-refractivity contribution in [1.29, 1.82) is 0 Å². The third-order valence-electron chi connectivity index (χ3n) is 6.00. The third-order valence-corrected chi connectivity index (χ3v) is 7.96. The molecule has 1 heterocycles. The monoisotopic (exact) mass is 507 g/mol. The zero-order chi connectivity index (χ0) is 22.4. The Morgan fingerprint density at radius 3 is 2.32 bits per heavy atom. The first-order valence-corrected chi connectivity index (χ1v) is 12.8. The highest BCUT2D eigenvalue weighted by atomic mass is 79.9. The molecule has 1 aliphatic rings. The van der Waals surface area contributed by atoms with E-state index in [1.807, 2.05) is 29.2 Å². The van der Waals surface area contributed by atoms with E-state index in [4.69, 9.17) is 4.74 Å². The van der Waals surface area contributed by atoms with Gasteiger partial charge in [0.2, 0.25) is 5.91 Å². The molecule has 3 nitrogen and oxygen atoms in total. The van der Waals surface area contributed by atoms with E-state index in [9.17, 15) is 9.18 Å². The standard InChI is InChI=1S/C25H31BrFNO2S/c1-4-6-12-25(13-7-5-2)17-31-23-15-22(30-3)20(26)14-21(23)28(24(25)29)19-10-8-18(16-27)9-11-19/h8-11,14-15H,4-7,12-13,16-17H2,1-3H3. The van der Waals surface area contributed by atoms with Gasteiger partial charge in [0.05, 0.1) is 22.7 Å².